The molecule has 0 radical (unpaired) electrons. The summed E-state index contributed by atoms with van der Waals surface area (Å²) in [5, 5.41) is 3.19. The van der Waals surface area contributed by atoms with E-state index in [0.717, 1.165) is 16.1 Å². The van der Waals surface area contributed by atoms with Crippen LogP contribution in [0.1, 0.15) is 18.9 Å². The van der Waals surface area contributed by atoms with Gasteiger partial charge in [0.25, 0.3) is 0 Å². The molecule has 1 rings (SSSR count). The molecule has 0 aromatic heterocycles. The first-order valence-corrected chi connectivity index (χ1v) is 8.47. The maximum Gasteiger partial charge on any atom is 0.239 e. The lowest BCUT2D eigenvalue weighted by Crippen LogP contribution is -2.37. The van der Waals surface area contributed by atoms with Crippen molar-refractivity contribution in [1.82, 2.24) is 4.31 Å². The van der Waals surface area contributed by atoms with E-state index in [0.29, 0.717) is 23.7 Å². The van der Waals surface area contributed by atoms with Crippen LogP contribution < -0.4 is 5.32 Å². The molecule has 0 fully saturated rings. The molecule has 7 heteroatoms. The van der Waals surface area contributed by atoms with E-state index in [9.17, 15) is 13.2 Å². The standard InChI is InChI=1S/C13H19ClN2O3S/c1-4-7-16(20(3,18)19)9-13(17)15-11-6-5-10(2)12(14)8-11/h5-6,8H,4,7,9H2,1-3H3,(H,15,17). The average molecular weight is 319 g/mol. The van der Waals surface area contributed by atoms with Gasteiger partial charge in [-0.05, 0) is 31.0 Å². The minimum absolute atomic E-state index is 0.196. The second kappa shape index (κ2) is 7.06. The van der Waals surface area contributed by atoms with E-state index in [1.54, 1.807) is 18.2 Å². The quantitative estimate of drug-likeness (QED) is 0.875. The van der Waals surface area contributed by atoms with Crippen LogP contribution in [0.4, 0.5) is 5.69 Å². The minimum Gasteiger partial charge on any atom is -0.325 e. The number of sulfonamides is 1. The van der Waals surface area contributed by atoms with Crippen molar-refractivity contribution in [1.29, 1.82) is 0 Å². The molecule has 1 N–H and O–H groups in total. The van der Waals surface area contributed by atoms with Crippen LogP contribution in [0, 0.1) is 6.92 Å². The van der Waals surface area contributed by atoms with Gasteiger partial charge in [0.2, 0.25) is 15.9 Å². The van der Waals surface area contributed by atoms with Crippen LogP contribution >= 0.6 is 11.6 Å². The van der Waals surface area contributed by atoms with Crippen LogP contribution in [-0.2, 0) is 14.8 Å². The van der Waals surface area contributed by atoms with Crippen LogP contribution in [-0.4, -0.2) is 38.0 Å². The summed E-state index contributed by atoms with van der Waals surface area (Å²) in [5.74, 6) is -0.385. The molecule has 0 bridgehead atoms. The molecule has 20 heavy (non-hydrogen) atoms. The fourth-order valence-corrected chi connectivity index (χ4v) is 2.69. The Morgan fingerprint density at radius 3 is 2.55 bits per heavy atom. The van der Waals surface area contributed by atoms with Crippen molar-refractivity contribution in [2.45, 2.75) is 20.3 Å². The minimum atomic E-state index is -3.38. The number of nitrogens with zero attached hydrogens (tertiary/aromatic N) is 1. The number of anilines is 1. The van der Waals surface area contributed by atoms with Gasteiger partial charge in [-0.15, -0.1) is 0 Å². The molecule has 0 heterocycles. The first-order valence-electron chi connectivity index (χ1n) is 6.25. The molecule has 0 saturated heterocycles. The fraction of sp³-hybridized carbons (Fsp3) is 0.462. The van der Waals surface area contributed by atoms with Gasteiger partial charge < -0.3 is 5.32 Å². The predicted octanol–water partition coefficient (Wildman–Crippen LogP) is 2.26. The third-order valence-corrected chi connectivity index (χ3v) is 4.37. The highest BCUT2D eigenvalue weighted by molar-refractivity contribution is 7.88. The van der Waals surface area contributed by atoms with Crippen LogP contribution in [0.5, 0.6) is 0 Å². The van der Waals surface area contributed by atoms with Crippen LogP contribution in [0.2, 0.25) is 5.02 Å². The smallest absolute Gasteiger partial charge is 0.239 e. The number of halogens is 1. The van der Waals surface area contributed by atoms with E-state index in [4.69, 9.17) is 11.6 Å². The number of benzene rings is 1. The summed E-state index contributed by atoms with van der Waals surface area (Å²) < 4.78 is 24.2. The van der Waals surface area contributed by atoms with Crippen LogP contribution in [0.3, 0.4) is 0 Å². The number of hydrogen-bond donors (Lipinski definition) is 1. The summed E-state index contributed by atoms with van der Waals surface area (Å²) in [6, 6.07) is 5.15. The van der Waals surface area contributed by atoms with Gasteiger partial charge in [-0.25, -0.2) is 8.42 Å². The van der Waals surface area contributed by atoms with Crippen LogP contribution in [0.25, 0.3) is 0 Å². The molecule has 1 aromatic rings. The zero-order valence-electron chi connectivity index (χ0n) is 11.8. The number of hydrogen-bond acceptors (Lipinski definition) is 3. The SMILES string of the molecule is CCCN(CC(=O)Nc1ccc(C)c(Cl)c1)S(C)(=O)=O. The summed E-state index contributed by atoms with van der Waals surface area (Å²) in [6.45, 7) is 3.84. The molecule has 0 aliphatic heterocycles. The van der Waals surface area contributed by atoms with Gasteiger partial charge in [0, 0.05) is 17.3 Å². The number of amides is 1. The zero-order chi connectivity index (χ0) is 15.3. The van der Waals surface area contributed by atoms with Crippen LogP contribution in [0.15, 0.2) is 18.2 Å². The molecule has 0 aliphatic carbocycles. The van der Waals surface area contributed by atoms with Crippen molar-refractivity contribution in [2.24, 2.45) is 0 Å². The van der Waals surface area contributed by atoms with E-state index >= 15 is 0 Å². The number of carbonyl (C=O) groups is 1. The summed E-state index contributed by atoms with van der Waals surface area (Å²) in [5.41, 5.74) is 1.46. The Morgan fingerprint density at radius 1 is 1.40 bits per heavy atom. The second-order valence-electron chi connectivity index (χ2n) is 4.61. The molecular formula is C13H19ClN2O3S. The van der Waals surface area contributed by atoms with Gasteiger partial charge in [-0.1, -0.05) is 24.6 Å². The maximum absolute atomic E-state index is 11.9. The average Bonchev–Trinajstić information content (AvgIpc) is 2.32. The lowest BCUT2D eigenvalue weighted by molar-refractivity contribution is -0.116. The van der Waals surface area contributed by atoms with Crippen molar-refractivity contribution in [3.05, 3.63) is 28.8 Å². The summed E-state index contributed by atoms with van der Waals surface area (Å²) in [6.07, 6.45) is 1.75. The maximum atomic E-state index is 11.9. The number of carbonyl (C=O) groups excluding carboxylic acids is 1. The van der Waals surface area contributed by atoms with Crippen molar-refractivity contribution in [3.63, 3.8) is 0 Å². The summed E-state index contributed by atoms with van der Waals surface area (Å²) in [7, 11) is -3.38. The fourth-order valence-electron chi connectivity index (χ4n) is 1.64. The van der Waals surface area contributed by atoms with Gasteiger partial charge in [-0.3, -0.25) is 4.79 Å². The monoisotopic (exact) mass is 318 g/mol. The second-order valence-corrected chi connectivity index (χ2v) is 7.00. The first-order chi connectivity index (χ1) is 9.24. The molecule has 1 amide bonds. The largest absolute Gasteiger partial charge is 0.325 e. The van der Waals surface area contributed by atoms with E-state index in [-0.39, 0.29) is 12.5 Å². The van der Waals surface area contributed by atoms with E-state index in [1.165, 1.54) is 0 Å². The predicted molar refractivity (Wildman–Crippen MR) is 81.5 cm³/mol. The van der Waals surface area contributed by atoms with Crippen molar-refractivity contribution < 1.29 is 13.2 Å². The Hall–Kier alpha value is -1.11. The lowest BCUT2D eigenvalue weighted by atomic mass is 10.2. The Morgan fingerprint density at radius 2 is 2.05 bits per heavy atom. The highest BCUT2D eigenvalue weighted by Gasteiger charge is 2.19. The Bertz CT molecular complexity index is 587. The van der Waals surface area contributed by atoms with E-state index < -0.39 is 10.0 Å². The van der Waals surface area contributed by atoms with Crippen molar-refractivity contribution >= 4 is 33.2 Å². The third kappa shape index (κ3) is 5.11. The van der Waals surface area contributed by atoms with Gasteiger partial charge in [0.05, 0.1) is 12.8 Å². The van der Waals surface area contributed by atoms with Gasteiger partial charge in [0.15, 0.2) is 0 Å². The summed E-state index contributed by atoms with van der Waals surface area (Å²) in [4.78, 5) is 11.9. The number of rotatable bonds is 6. The molecule has 0 aliphatic rings. The van der Waals surface area contributed by atoms with E-state index in [1.807, 2.05) is 13.8 Å². The topological polar surface area (TPSA) is 66.5 Å². The normalized spacial score (nSPS) is 11.7. The molecule has 0 saturated carbocycles. The molecule has 0 spiro atoms. The molecule has 1 aromatic carbocycles. The Labute approximate surface area is 125 Å². The molecule has 112 valence electrons. The first kappa shape index (κ1) is 16.9. The molecule has 5 nitrogen and oxygen atoms in total. The Kier molecular flexibility index (Phi) is 5.98. The van der Waals surface area contributed by atoms with Gasteiger partial charge >= 0.3 is 0 Å². The number of aryl methyl sites for hydroxylation is 1. The van der Waals surface area contributed by atoms with Gasteiger partial charge in [0.1, 0.15) is 0 Å². The highest BCUT2D eigenvalue weighted by atomic mass is 35.5. The third-order valence-electron chi connectivity index (χ3n) is 2.72. The molecule has 0 unspecified atom stereocenters. The lowest BCUT2D eigenvalue weighted by Gasteiger charge is -2.18. The zero-order valence-corrected chi connectivity index (χ0v) is 13.4. The van der Waals surface area contributed by atoms with Crippen molar-refractivity contribution in [2.75, 3.05) is 24.7 Å². The summed E-state index contributed by atoms with van der Waals surface area (Å²) >= 11 is 5.97. The Balaban J connectivity index is 2.73. The highest BCUT2D eigenvalue weighted by Crippen LogP contribution is 2.19. The number of nitrogens with one attached hydrogen (secondary N) is 1. The van der Waals surface area contributed by atoms with Gasteiger partial charge in [-0.2, -0.15) is 4.31 Å². The van der Waals surface area contributed by atoms with Crippen molar-refractivity contribution in [3.8, 4) is 0 Å². The molecule has 0 atom stereocenters. The molecular weight excluding hydrogens is 300 g/mol. The van der Waals surface area contributed by atoms with E-state index in [2.05, 4.69) is 5.32 Å².